The molecule has 17 nitrogen and oxygen atoms in total. The fourth-order valence-electron chi connectivity index (χ4n) is 5.43. The maximum absolute atomic E-state index is 13.4. The smallest absolute Gasteiger partial charge is 0.253 e. The summed E-state index contributed by atoms with van der Waals surface area (Å²) in [5.41, 5.74) is -1.09. The van der Waals surface area contributed by atoms with Crippen LogP contribution in [0.15, 0.2) is 12.2 Å². The van der Waals surface area contributed by atoms with Crippen LogP contribution in [0.25, 0.3) is 0 Å². The Morgan fingerprint density at radius 1 is 0.827 bits per heavy atom. The quantitative estimate of drug-likeness (QED) is 0.0551. The van der Waals surface area contributed by atoms with Crippen LogP contribution in [0.2, 0.25) is 0 Å². The van der Waals surface area contributed by atoms with Crippen molar-refractivity contribution in [2.75, 3.05) is 106 Å². The first-order valence-corrected chi connectivity index (χ1v) is 17.9. The molecular formula is C35H58N4O13. The highest BCUT2D eigenvalue weighted by Gasteiger charge is 2.46. The van der Waals surface area contributed by atoms with Crippen molar-refractivity contribution in [1.82, 2.24) is 20.4 Å². The van der Waals surface area contributed by atoms with Crippen molar-refractivity contribution < 1.29 is 61.9 Å². The fourth-order valence-corrected chi connectivity index (χ4v) is 5.43. The molecule has 1 fully saturated rings. The van der Waals surface area contributed by atoms with E-state index in [0.717, 1.165) is 11.2 Å². The van der Waals surface area contributed by atoms with Crippen LogP contribution in [0.5, 0.6) is 0 Å². The first-order valence-electron chi connectivity index (χ1n) is 17.9. The highest BCUT2D eigenvalue weighted by Crippen LogP contribution is 2.30. The molecule has 0 aliphatic carbocycles. The number of likely N-dealkylation sites (tertiary alicyclic amines) is 1. The molecule has 17 heteroatoms. The number of carbonyl (C=O) groups is 6. The molecule has 0 bridgehead atoms. The third kappa shape index (κ3) is 16.1. The van der Waals surface area contributed by atoms with Gasteiger partial charge in [0, 0.05) is 38.8 Å². The Morgan fingerprint density at radius 2 is 1.33 bits per heavy atom. The summed E-state index contributed by atoms with van der Waals surface area (Å²) < 4.78 is 38.0. The summed E-state index contributed by atoms with van der Waals surface area (Å²) in [6.45, 7) is 10.4. The van der Waals surface area contributed by atoms with Crippen molar-refractivity contribution in [2.45, 2.75) is 64.1 Å². The SMILES string of the molecule is COC(CC=O)CNC(=O)[C@@H](NC(=O)[C@]1(C)CCCN1C(=O)CCOCCOCCOCCOCCOCCOCCN1C(=O)C=CC1=O)C(C)C. The summed E-state index contributed by atoms with van der Waals surface area (Å²) in [7, 11) is 1.46. The Labute approximate surface area is 306 Å². The average molecular weight is 743 g/mol. The number of aldehydes is 1. The van der Waals surface area contributed by atoms with E-state index in [-0.39, 0.29) is 74.6 Å². The summed E-state index contributed by atoms with van der Waals surface area (Å²) in [5, 5.41) is 5.60. The molecule has 1 saturated heterocycles. The second-order valence-electron chi connectivity index (χ2n) is 12.7. The van der Waals surface area contributed by atoms with Crippen LogP contribution in [0.4, 0.5) is 0 Å². The summed E-state index contributed by atoms with van der Waals surface area (Å²) in [5.74, 6) is -1.83. The minimum absolute atomic E-state index is 0.108. The van der Waals surface area contributed by atoms with Crippen LogP contribution in [-0.2, 0) is 61.9 Å². The zero-order chi connectivity index (χ0) is 38.2. The van der Waals surface area contributed by atoms with Crippen LogP contribution in [0.3, 0.4) is 0 Å². The molecule has 2 aliphatic rings. The predicted molar refractivity (Wildman–Crippen MR) is 186 cm³/mol. The molecule has 52 heavy (non-hydrogen) atoms. The number of methoxy groups -OCH3 is 1. The summed E-state index contributed by atoms with van der Waals surface area (Å²) >= 11 is 0. The molecule has 1 unspecified atom stereocenters. The van der Waals surface area contributed by atoms with Gasteiger partial charge in [-0.1, -0.05) is 13.8 Å². The number of hydrogen-bond acceptors (Lipinski definition) is 13. The predicted octanol–water partition coefficient (Wildman–Crippen LogP) is -0.357. The van der Waals surface area contributed by atoms with E-state index >= 15 is 0 Å². The fraction of sp³-hybridized carbons (Fsp3) is 0.771. The number of hydrogen-bond donors (Lipinski definition) is 2. The van der Waals surface area contributed by atoms with Gasteiger partial charge in [0.1, 0.15) is 17.9 Å². The van der Waals surface area contributed by atoms with E-state index < -0.39 is 17.7 Å². The minimum atomic E-state index is -1.09. The lowest BCUT2D eigenvalue weighted by Crippen LogP contribution is -2.60. The maximum Gasteiger partial charge on any atom is 0.253 e. The monoisotopic (exact) mass is 742 g/mol. The van der Waals surface area contributed by atoms with Gasteiger partial charge >= 0.3 is 0 Å². The lowest BCUT2D eigenvalue weighted by molar-refractivity contribution is -0.146. The van der Waals surface area contributed by atoms with Gasteiger partial charge in [0.15, 0.2) is 0 Å². The lowest BCUT2D eigenvalue weighted by atomic mass is 9.95. The molecule has 0 saturated carbocycles. The molecule has 2 aliphatic heterocycles. The van der Waals surface area contributed by atoms with E-state index in [4.69, 9.17) is 33.2 Å². The number of ether oxygens (including phenoxy) is 7. The first kappa shape index (κ1) is 44.8. The van der Waals surface area contributed by atoms with Gasteiger partial charge in [0.25, 0.3) is 11.8 Å². The van der Waals surface area contributed by atoms with Crippen LogP contribution >= 0.6 is 0 Å². The Bertz CT molecular complexity index is 1140. The van der Waals surface area contributed by atoms with E-state index in [1.807, 2.05) is 13.8 Å². The minimum Gasteiger partial charge on any atom is -0.379 e. The van der Waals surface area contributed by atoms with Gasteiger partial charge in [-0.05, 0) is 25.7 Å². The summed E-state index contributed by atoms with van der Waals surface area (Å²) in [4.78, 5) is 75.8. The molecule has 0 aromatic rings. The molecule has 2 heterocycles. The Morgan fingerprint density at radius 3 is 1.81 bits per heavy atom. The molecule has 2 N–H and O–H groups in total. The highest BCUT2D eigenvalue weighted by molar-refractivity contribution is 6.12. The van der Waals surface area contributed by atoms with E-state index in [2.05, 4.69) is 10.6 Å². The molecule has 0 radical (unpaired) electrons. The third-order valence-electron chi connectivity index (χ3n) is 8.54. The number of nitrogens with zero attached hydrogens (tertiary/aromatic N) is 2. The average Bonchev–Trinajstić information content (AvgIpc) is 3.68. The molecular weight excluding hydrogens is 684 g/mol. The summed E-state index contributed by atoms with van der Waals surface area (Å²) in [6, 6.07) is -0.818. The lowest BCUT2D eigenvalue weighted by Gasteiger charge is -2.36. The van der Waals surface area contributed by atoms with Gasteiger partial charge < -0.3 is 53.5 Å². The Kier molecular flexibility index (Phi) is 22.1. The highest BCUT2D eigenvalue weighted by atomic mass is 16.6. The second-order valence-corrected chi connectivity index (χ2v) is 12.7. The molecule has 296 valence electrons. The van der Waals surface area contributed by atoms with E-state index in [9.17, 15) is 28.8 Å². The zero-order valence-corrected chi connectivity index (χ0v) is 31.1. The molecule has 5 amide bonds. The molecule has 0 aromatic carbocycles. The van der Waals surface area contributed by atoms with Gasteiger partial charge in [-0.15, -0.1) is 0 Å². The number of imide groups is 1. The van der Waals surface area contributed by atoms with Crippen molar-refractivity contribution in [1.29, 1.82) is 0 Å². The first-order chi connectivity index (χ1) is 25.0. The van der Waals surface area contributed by atoms with Gasteiger partial charge in [-0.25, -0.2) is 0 Å². The number of amides is 5. The van der Waals surface area contributed by atoms with Crippen molar-refractivity contribution in [3.05, 3.63) is 12.2 Å². The molecule has 0 spiro atoms. The van der Waals surface area contributed by atoms with Gasteiger partial charge in [-0.2, -0.15) is 0 Å². The molecule has 3 atom stereocenters. The van der Waals surface area contributed by atoms with Crippen LogP contribution in [0, 0.1) is 5.92 Å². The number of carbonyl (C=O) groups excluding carboxylic acids is 6. The second kappa shape index (κ2) is 25.6. The van der Waals surface area contributed by atoms with Crippen LogP contribution in [-0.4, -0.2) is 169 Å². The van der Waals surface area contributed by atoms with Gasteiger partial charge in [-0.3, -0.25) is 28.9 Å². The molecule has 2 rings (SSSR count). The normalized spacial score (nSPS) is 18.3. The van der Waals surface area contributed by atoms with Crippen LogP contribution in [0.1, 0.15) is 46.5 Å². The summed E-state index contributed by atoms with van der Waals surface area (Å²) in [6.07, 6.45) is 4.15. The van der Waals surface area contributed by atoms with Crippen molar-refractivity contribution >= 4 is 35.8 Å². The number of rotatable bonds is 30. The van der Waals surface area contributed by atoms with Gasteiger partial charge in [0.05, 0.1) is 98.4 Å². The van der Waals surface area contributed by atoms with Crippen molar-refractivity contribution in [2.24, 2.45) is 5.92 Å². The number of nitrogens with one attached hydrogen (secondary N) is 2. The Balaban J connectivity index is 1.47. The van der Waals surface area contributed by atoms with Crippen molar-refractivity contribution in [3.8, 4) is 0 Å². The maximum atomic E-state index is 13.4. The molecule has 0 aromatic heterocycles. The van der Waals surface area contributed by atoms with E-state index in [0.29, 0.717) is 85.5 Å². The zero-order valence-electron chi connectivity index (χ0n) is 31.1. The Hall–Kier alpha value is -3.32. The van der Waals surface area contributed by atoms with E-state index in [1.54, 1.807) is 11.8 Å². The third-order valence-corrected chi connectivity index (χ3v) is 8.54. The topological polar surface area (TPSA) is 198 Å². The van der Waals surface area contributed by atoms with Crippen molar-refractivity contribution in [3.63, 3.8) is 0 Å². The standard InChI is InChI=1S/C35H58N4O13/c1-27(2)32(33(44)36-26-28(46-4)8-13-40)37-34(45)35(3)10-5-11-39(35)31(43)9-14-47-16-18-49-20-22-51-24-25-52-23-21-50-19-17-48-15-12-38-29(41)6-7-30(38)42/h6-7,13,27-28,32H,5,8-12,14-26H2,1-4H3,(H,36,44)(H,37,45)/t28?,32-,35-/m0/s1. The van der Waals surface area contributed by atoms with Gasteiger partial charge in [0.2, 0.25) is 17.7 Å². The largest absolute Gasteiger partial charge is 0.379 e. The van der Waals surface area contributed by atoms with E-state index in [1.165, 1.54) is 19.3 Å². The van der Waals surface area contributed by atoms with Crippen LogP contribution < -0.4 is 10.6 Å².